The van der Waals surface area contributed by atoms with Gasteiger partial charge in [0, 0.05) is 5.56 Å². The molecular weight excluding hydrogens is 344 g/mol. The molecule has 25 heavy (non-hydrogen) atoms. The molecule has 0 fully saturated rings. The minimum absolute atomic E-state index is 0.0938. The normalized spacial score (nSPS) is 10.8. The third-order valence-electron chi connectivity index (χ3n) is 3.73. The van der Waals surface area contributed by atoms with Crippen LogP contribution in [0.3, 0.4) is 0 Å². The number of carbonyl (C=O) groups excluding carboxylic acids is 1. The van der Waals surface area contributed by atoms with E-state index >= 15 is 0 Å². The summed E-state index contributed by atoms with van der Waals surface area (Å²) >= 11 is 6.22. The number of fused-ring (bicyclic) bond motifs is 1. The Morgan fingerprint density at radius 3 is 2.64 bits per heavy atom. The van der Waals surface area contributed by atoms with Gasteiger partial charge >= 0.3 is 0 Å². The number of ether oxygens (including phenoxy) is 1. The van der Waals surface area contributed by atoms with Crippen LogP contribution < -0.4 is 15.3 Å². The van der Waals surface area contributed by atoms with Gasteiger partial charge in [0.2, 0.25) is 11.2 Å². The first-order chi connectivity index (χ1) is 11.9. The molecule has 0 N–H and O–H groups in total. The largest absolute Gasteiger partial charge is 0.546 e. The number of hydrogen-bond donors (Lipinski definition) is 0. The van der Waals surface area contributed by atoms with E-state index in [0.29, 0.717) is 21.6 Å². The van der Waals surface area contributed by atoms with E-state index in [-0.39, 0.29) is 11.5 Å². The fraction of sp³-hybridized carbons (Fsp3) is 0.158. The summed E-state index contributed by atoms with van der Waals surface area (Å²) in [4.78, 5) is 23.7. The lowest BCUT2D eigenvalue weighted by atomic mass is 10.1. The van der Waals surface area contributed by atoms with Crippen LogP contribution in [0.15, 0.2) is 45.6 Å². The predicted octanol–water partition coefficient (Wildman–Crippen LogP) is 2.86. The number of carboxylic acids is 1. The molecule has 2 aromatic carbocycles. The van der Waals surface area contributed by atoms with Crippen LogP contribution in [0.2, 0.25) is 5.02 Å². The van der Waals surface area contributed by atoms with E-state index in [2.05, 4.69) is 0 Å². The lowest BCUT2D eigenvalue weighted by Crippen LogP contribution is -2.30. The number of hydrogen-bond acceptors (Lipinski definition) is 5. The Labute approximate surface area is 148 Å². The van der Waals surface area contributed by atoms with Crippen molar-refractivity contribution in [3.63, 3.8) is 0 Å². The minimum Gasteiger partial charge on any atom is -0.546 e. The molecule has 0 saturated carbocycles. The number of carbonyl (C=O) groups is 1. The molecular formula is C19H14ClO5-. The van der Waals surface area contributed by atoms with Gasteiger partial charge in [-0.25, -0.2) is 0 Å². The quantitative estimate of drug-likeness (QED) is 0.717. The van der Waals surface area contributed by atoms with Crippen molar-refractivity contribution in [1.29, 1.82) is 0 Å². The molecule has 0 radical (unpaired) electrons. The van der Waals surface area contributed by atoms with Gasteiger partial charge in [-0.15, -0.1) is 0 Å². The van der Waals surface area contributed by atoms with Crippen molar-refractivity contribution >= 4 is 28.5 Å². The maximum absolute atomic E-state index is 12.9. The summed E-state index contributed by atoms with van der Waals surface area (Å²) in [6.07, 6.45) is 0. The molecule has 3 rings (SSSR count). The average Bonchev–Trinajstić information content (AvgIpc) is 2.55. The van der Waals surface area contributed by atoms with E-state index < -0.39 is 18.0 Å². The smallest absolute Gasteiger partial charge is 0.235 e. The van der Waals surface area contributed by atoms with Crippen LogP contribution in [-0.2, 0) is 4.79 Å². The third-order valence-corrected chi connectivity index (χ3v) is 4.06. The van der Waals surface area contributed by atoms with E-state index in [0.717, 1.165) is 11.1 Å². The number of aryl methyl sites for hydroxylation is 2. The number of benzene rings is 2. The van der Waals surface area contributed by atoms with Gasteiger partial charge in [-0.1, -0.05) is 29.8 Å². The Morgan fingerprint density at radius 2 is 1.96 bits per heavy atom. The Kier molecular flexibility index (Phi) is 4.51. The van der Waals surface area contributed by atoms with Crippen molar-refractivity contribution in [2.75, 3.05) is 6.61 Å². The van der Waals surface area contributed by atoms with Gasteiger partial charge in [-0.3, -0.25) is 4.79 Å². The van der Waals surface area contributed by atoms with E-state index in [1.807, 2.05) is 19.9 Å². The van der Waals surface area contributed by atoms with Gasteiger partial charge in [0.15, 0.2) is 5.76 Å². The third kappa shape index (κ3) is 3.23. The van der Waals surface area contributed by atoms with E-state index in [4.69, 9.17) is 20.8 Å². The molecule has 0 spiro atoms. The molecule has 128 valence electrons. The highest BCUT2D eigenvalue weighted by Gasteiger charge is 2.20. The van der Waals surface area contributed by atoms with Crippen molar-refractivity contribution in [3.05, 3.63) is 62.8 Å². The van der Waals surface area contributed by atoms with Gasteiger partial charge in [0.1, 0.15) is 12.2 Å². The second kappa shape index (κ2) is 6.61. The molecule has 5 nitrogen and oxygen atoms in total. The second-order valence-electron chi connectivity index (χ2n) is 5.69. The molecule has 0 aliphatic heterocycles. The maximum Gasteiger partial charge on any atom is 0.235 e. The van der Waals surface area contributed by atoms with E-state index in [1.54, 1.807) is 30.3 Å². The maximum atomic E-state index is 12.9. The van der Waals surface area contributed by atoms with Crippen LogP contribution in [-0.4, -0.2) is 12.6 Å². The molecule has 1 heterocycles. The van der Waals surface area contributed by atoms with E-state index in [9.17, 15) is 14.7 Å². The van der Waals surface area contributed by atoms with Gasteiger partial charge in [-0.05, 0) is 43.2 Å². The highest BCUT2D eigenvalue weighted by molar-refractivity contribution is 6.33. The van der Waals surface area contributed by atoms with Gasteiger partial charge in [-0.2, -0.15) is 0 Å². The van der Waals surface area contributed by atoms with Crippen LogP contribution in [0, 0.1) is 13.8 Å². The minimum atomic E-state index is -1.44. The predicted molar refractivity (Wildman–Crippen MR) is 92.9 cm³/mol. The van der Waals surface area contributed by atoms with Crippen molar-refractivity contribution in [2.24, 2.45) is 0 Å². The van der Waals surface area contributed by atoms with Crippen LogP contribution in [0.5, 0.6) is 5.75 Å². The first kappa shape index (κ1) is 17.0. The average molecular weight is 358 g/mol. The Balaban J connectivity index is 2.37. The SMILES string of the molecule is Cc1cc(C)c2oc(-c3ccccc3Cl)c(OCC(=O)[O-])c(=O)c2c1. The molecule has 0 aliphatic rings. The van der Waals surface area contributed by atoms with Gasteiger partial charge in [0.25, 0.3) is 0 Å². The Morgan fingerprint density at radius 1 is 1.24 bits per heavy atom. The van der Waals surface area contributed by atoms with Crippen LogP contribution in [0.25, 0.3) is 22.3 Å². The number of carboxylic acid groups (broad SMARTS) is 1. The topological polar surface area (TPSA) is 79.6 Å². The van der Waals surface area contributed by atoms with Gasteiger partial charge < -0.3 is 19.1 Å². The number of rotatable bonds is 4. The molecule has 0 saturated heterocycles. The number of aliphatic carboxylic acids is 1. The standard InChI is InChI=1S/C19H15ClO5/c1-10-7-11(2)17-13(8-10)16(23)19(24-9-15(21)22)18(25-17)12-5-3-4-6-14(12)20/h3-8H,9H2,1-2H3,(H,21,22)/p-1. The molecule has 0 bridgehead atoms. The van der Waals surface area contributed by atoms with Crippen LogP contribution >= 0.6 is 11.6 Å². The van der Waals surface area contributed by atoms with Crippen molar-refractivity contribution in [1.82, 2.24) is 0 Å². The first-order valence-electron chi connectivity index (χ1n) is 7.54. The highest BCUT2D eigenvalue weighted by Crippen LogP contribution is 2.36. The second-order valence-corrected chi connectivity index (χ2v) is 6.10. The zero-order valence-corrected chi connectivity index (χ0v) is 14.3. The molecule has 0 amide bonds. The molecule has 0 aliphatic carbocycles. The molecule has 0 atom stereocenters. The number of halogens is 1. The molecule has 1 aromatic heterocycles. The fourth-order valence-electron chi connectivity index (χ4n) is 2.72. The lowest BCUT2D eigenvalue weighted by Gasteiger charge is -2.14. The summed E-state index contributed by atoms with van der Waals surface area (Å²) in [5.41, 5.74) is 2.06. The van der Waals surface area contributed by atoms with Crippen molar-refractivity contribution < 1.29 is 19.1 Å². The zero-order chi connectivity index (χ0) is 18.1. The summed E-state index contributed by atoms with van der Waals surface area (Å²) in [7, 11) is 0. The summed E-state index contributed by atoms with van der Waals surface area (Å²) in [5.74, 6) is -1.55. The molecule has 3 aromatic rings. The summed E-state index contributed by atoms with van der Waals surface area (Å²) in [5, 5.41) is 11.5. The lowest BCUT2D eigenvalue weighted by molar-refractivity contribution is -0.307. The van der Waals surface area contributed by atoms with Crippen LogP contribution in [0.4, 0.5) is 0 Å². The first-order valence-corrected chi connectivity index (χ1v) is 7.92. The monoisotopic (exact) mass is 357 g/mol. The fourth-order valence-corrected chi connectivity index (χ4v) is 2.94. The summed E-state index contributed by atoms with van der Waals surface area (Å²) in [6.45, 7) is 2.92. The van der Waals surface area contributed by atoms with Crippen molar-refractivity contribution in [2.45, 2.75) is 13.8 Å². The summed E-state index contributed by atoms with van der Waals surface area (Å²) < 4.78 is 11.1. The zero-order valence-electron chi connectivity index (χ0n) is 13.6. The molecule has 0 unspecified atom stereocenters. The summed E-state index contributed by atoms with van der Waals surface area (Å²) in [6, 6.07) is 10.4. The van der Waals surface area contributed by atoms with Crippen molar-refractivity contribution in [3.8, 4) is 17.1 Å². The Bertz CT molecular complexity index is 1040. The van der Waals surface area contributed by atoms with Crippen LogP contribution in [0.1, 0.15) is 11.1 Å². The Hall–Kier alpha value is -2.79. The van der Waals surface area contributed by atoms with E-state index in [1.165, 1.54) is 0 Å². The highest BCUT2D eigenvalue weighted by atomic mass is 35.5. The van der Waals surface area contributed by atoms with Gasteiger partial charge in [0.05, 0.1) is 16.4 Å². The molecule has 6 heteroatoms.